The zero-order valence-electron chi connectivity index (χ0n) is 9.94. The van der Waals surface area contributed by atoms with E-state index in [0.29, 0.717) is 11.6 Å². The molecule has 0 saturated heterocycles. The summed E-state index contributed by atoms with van der Waals surface area (Å²) in [5.74, 6) is 4.85. The normalized spacial score (nSPS) is 12.5. The Morgan fingerprint density at radius 3 is 2.47 bits per heavy atom. The van der Waals surface area contributed by atoms with Crippen molar-refractivity contribution in [2.24, 2.45) is 11.8 Å². The van der Waals surface area contributed by atoms with E-state index in [0.717, 1.165) is 5.56 Å². The van der Waals surface area contributed by atoms with Crippen molar-refractivity contribution >= 4 is 17.5 Å². The maximum atomic E-state index is 11.4. The maximum absolute atomic E-state index is 11.4. The summed E-state index contributed by atoms with van der Waals surface area (Å²) < 4.78 is 5.55. The van der Waals surface area contributed by atoms with Gasteiger partial charge in [-0.1, -0.05) is 37.6 Å². The molecule has 0 radical (unpaired) electrons. The van der Waals surface area contributed by atoms with Gasteiger partial charge < -0.3 is 4.74 Å². The maximum Gasteiger partial charge on any atom is 0.263 e. The number of ether oxygens (including phenoxy) is 1. The molecule has 5 heteroatoms. The molecule has 0 saturated carbocycles. The molecule has 0 aliphatic heterocycles. The molecular weight excluding hydrogens is 240 g/mol. The molecule has 1 unspecified atom stereocenters. The fourth-order valence-corrected chi connectivity index (χ4v) is 1.55. The number of carbonyl (C=O) groups is 1. The Bertz CT molecular complexity index is 365. The van der Waals surface area contributed by atoms with E-state index in [1.54, 1.807) is 12.1 Å². The van der Waals surface area contributed by atoms with Gasteiger partial charge in [-0.3, -0.25) is 10.2 Å². The average molecular weight is 257 g/mol. The van der Waals surface area contributed by atoms with Crippen molar-refractivity contribution in [3.8, 4) is 0 Å². The first-order valence-electron chi connectivity index (χ1n) is 5.41. The highest BCUT2D eigenvalue weighted by atomic mass is 35.5. The van der Waals surface area contributed by atoms with Crippen LogP contribution in [0.25, 0.3) is 0 Å². The molecule has 0 aromatic heterocycles. The van der Waals surface area contributed by atoms with Gasteiger partial charge in [0.05, 0.1) is 6.61 Å². The van der Waals surface area contributed by atoms with Crippen molar-refractivity contribution in [3.05, 3.63) is 34.9 Å². The highest BCUT2D eigenvalue weighted by Gasteiger charge is 2.21. The van der Waals surface area contributed by atoms with Crippen LogP contribution < -0.4 is 11.3 Å². The predicted octanol–water partition coefficient (Wildman–Crippen LogP) is 1.87. The van der Waals surface area contributed by atoms with Gasteiger partial charge in [0.1, 0.15) is 6.10 Å². The van der Waals surface area contributed by atoms with Crippen LogP contribution in [0.3, 0.4) is 0 Å². The fraction of sp³-hybridized carbons (Fsp3) is 0.417. The molecular formula is C12H17ClN2O2. The SMILES string of the molecule is CC(C)C(OCc1ccc(Cl)cc1)C(=O)NN. The van der Waals surface area contributed by atoms with Gasteiger partial charge >= 0.3 is 0 Å². The lowest BCUT2D eigenvalue weighted by molar-refractivity contribution is -0.136. The molecule has 1 amide bonds. The Morgan fingerprint density at radius 2 is 2.00 bits per heavy atom. The minimum Gasteiger partial charge on any atom is -0.363 e. The number of nitrogens with one attached hydrogen (secondary N) is 1. The van der Waals surface area contributed by atoms with Crippen LogP contribution in [-0.4, -0.2) is 12.0 Å². The molecule has 3 N–H and O–H groups in total. The van der Waals surface area contributed by atoms with E-state index in [9.17, 15) is 4.79 Å². The predicted molar refractivity (Wildman–Crippen MR) is 67.2 cm³/mol. The fourth-order valence-electron chi connectivity index (χ4n) is 1.42. The lowest BCUT2D eigenvalue weighted by Gasteiger charge is -2.19. The summed E-state index contributed by atoms with van der Waals surface area (Å²) in [6.45, 7) is 4.16. The molecule has 0 fully saturated rings. The van der Waals surface area contributed by atoms with E-state index >= 15 is 0 Å². The minimum absolute atomic E-state index is 0.0610. The second-order valence-electron chi connectivity index (χ2n) is 4.11. The van der Waals surface area contributed by atoms with Crippen LogP contribution in [0.15, 0.2) is 24.3 Å². The Balaban J connectivity index is 2.58. The van der Waals surface area contributed by atoms with Crippen molar-refractivity contribution in [3.63, 3.8) is 0 Å². The standard InChI is InChI=1S/C12H17ClN2O2/c1-8(2)11(12(16)15-14)17-7-9-3-5-10(13)6-4-9/h3-6,8,11H,7,14H2,1-2H3,(H,15,16). The first kappa shape index (κ1) is 14.0. The largest absolute Gasteiger partial charge is 0.363 e. The van der Waals surface area contributed by atoms with Crippen LogP contribution >= 0.6 is 11.6 Å². The number of hydrogen-bond acceptors (Lipinski definition) is 3. The summed E-state index contributed by atoms with van der Waals surface area (Å²) in [4.78, 5) is 11.4. The summed E-state index contributed by atoms with van der Waals surface area (Å²) in [6.07, 6.45) is -0.546. The van der Waals surface area contributed by atoms with Crippen molar-refractivity contribution in [2.45, 2.75) is 26.6 Å². The lowest BCUT2D eigenvalue weighted by atomic mass is 10.1. The second-order valence-corrected chi connectivity index (χ2v) is 4.55. The van der Waals surface area contributed by atoms with Crippen LogP contribution in [-0.2, 0) is 16.1 Å². The van der Waals surface area contributed by atoms with Crippen LogP contribution in [0, 0.1) is 5.92 Å². The molecule has 4 nitrogen and oxygen atoms in total. The van der Waals surface area contributed by atoms with Gasteiger partial charge in [0.15, 0.2) is 0 Å². The van der Waals surface area contributed by atoms with E-state index < -0.39 is 6.10 Å². The number of hydrogen-bond donors (Lipinski definition) is 2. The molecule has 1 rings (SSSR count). The van der Waals surface area contributed by atoms with Crippen LogP contribution in [0.2, 0.25) is 5.02 Å². The van der Waals surface area contributed by atoms with Crippen molar-refractivity contribution in [1.29, 1.82) is 0 Å². The summed E-state index contributed by atoms with van der Waals surface area (Å²) in [6, 6.07) is 7.29. The first-order valence-corrected chi connectivity index (χ1v) is 5.79. The molecule has 0 aliphatic rings. The van der Waals surface area contributed by atoms with Crippen molar-refractivity contribution in [2.75, 3.05) is 0 Å². The number of nitrogens with two attached hydrogens (primary N) is 1. The molecule has 94 valence electrons. The van der Waals surface area contributed by atoms with Gasteiger partial charge in [-0.25, -0.2) is 5.84 Å². The Labute approximate surface area is 106 Å². The Morgan fingerprint density at radius 1 is 1.41 bits per heavy atom. The third-order valence-corrected chi connectivity index (χ3v) is 2.60. The first-order chi connectivity index (χ1) is 8.04. The van der Waals surface area contributed by atoms with Gasteiger partial charge in [0, 0.05) is 5.02 Å². The topological polar surface area (TPSA) is 64.3 Å². The number of benzene rings is 1. The molecule has 0 heterocycles. The van der Waals surface area contributed by atoms with Crippen LogP contribution in [0.4, 0.5) is 0 Å². The smallest absolute Gasteiger partial charge is 0.263 e. The molecule has 17 heavy (non-hydrogen) atoms. The molecule has 0 aliphatic carbocycles. The average Bonchev–Trinajstić information content (AvgIpc) is 2.31. The number of halogens is 1. The molecule has 1 atom stereocenters. The van der Waals surface area contributed by atoms with E-state index in [-0.39, 0.29) is 11.8 Å². The Hall–Kier alpha value is -1.10. The summed E-state index contributed by atoms with van der Waals surface area (Å²) in [5.41, 5.74) is 3.07. The summed E-state index contributed by atoms with van der Waals surface area (Å²) >= 11 is 5.78. The number of carbonyl (C=O) groups excluding carboxylic acids is 1. The van der Waals surface area contributed by atoms with Crippen molar-refractivity contribution < 1.29 is 9.53 Å². The molecule has 0 bridgehead atoms. The van der Waals surface area contributed by atoms with Gasteiger partial charge in [0.25, 0.3) is 5.91 Å². The monoisotopic (exact) mass is 256 g/mol. The highest BCUT2D eigenvalue weighted by Crippen LogP contribution is 2.13. The summed E-state index contributed by atoms with van der Waals surface area (Å²) in [7, 11) is 0. The van der Waals surface area contributed by atoms with Crippen molar-refractivity contribution in [1.82, 2.24) is 5.43 Å². The van der Waals surface area contributed by atoms with Gasteiger partial charge in [0.2, 0.25) is 0 Å². The third kappa shape index (κ3) is 4.34. The quantitative estimate of drug-likeness (QED) is 0.480. The highest BCUT2D eigenvalue weighted by molar-refractivity contribution is 6.30. The van der Waals surface area contributed by atoms with Gasteiger partial charge in [-0.05, 0) is 23.6 Å². The number of rotatable bonds is 5. The minimum atomic E-state index is -0.546. The van der Waals surface area contributed by atoms with Gasteiger partial charge in [-0.15, -0.1) is 0 Å². The third-order valence-electron chi connectivity index (χ3n) is 2.35. The number of amides is 1. The molecule has 1 aromatic rings. The summed E-state index contributed by atoms with van der Waals surface area (Å²) in [5, 5.41) is 0.675. The Kier molecular flexibility index (Phi) is 5.41. The van der Waals surface area contributed by atoms with E-state index in [1.807, 2.05) is 26.0 Å². The lowest BCUT2D eigenvalue weighted by Crippen LogP contribution is -2.43. The number of hydrazine groups is 1. The zero-order valence-corrected chi connectivity index (χ0v) is 10.7. The second kappa shape index (κ2) is 6.59. The van der Waals surface area contributed by atoms with Gasteiger partial charge in [-0.2, -0.15) is 0 Å². The van der Waals surface area contributed by atoms with Crippen LogP contribution in [0.1, 0.15) is 19.4 Å². The van der Waals surface area contributed by atoms with Crippen LogP contribution in [0.5, 0.6) is 0 Å². The van der Waals surface area contributed by atoms with E-state index in [2.05, 4.69) is 5.43 Å². The molecule has 1 aromatic carbocycles. The molecule has 0 spiro atoms. The zero-order chi connectivity index (χ0) is 12.8. The van der Waals surface area contributed by atoms with E-state index in [1.165, 1.54) is 0 Å². The van der Waals surface area contributed by atoms with E-state index in [4.69, 9.17) is 22.2 Å².